The Hall–Kier alpha value is -2.25. The third kappa shape index (κ3) is 2.20. The van der Waals surface area contributed by atoms with E-state index < -0.39 is 0 Å². The molecule has 0 aliphatic heterocycles. The Morgan fingerprint density at radius 2 is 2.24 bits per heavy atom. The topological polar surface area (TPSA) is 60.9 Å². The lowest BCUT2D eigenvalue weighted by Crippen LogP contribution is -2.20. The highest BCUT2D eigenvalue weighted by Crippen LogP contribution is 2.24. The average Bonchev–Trinajstić information content (AvgIpc) is 3.21. The Balaban J connectivity index is 1.68. The number of aromatic nitrogens is 3. The molecule has 0 fully saturated rings. The quantitative estimate of drug-likeness (QED) is 0.582. The first kappa shape index (κ1) is 12.5. The van der Waals surface area contributed by atoms with E-state index in [9.17, 15) is 4.79 Å². The van der Waals surface area contributed by atoms with E-state index >= 15 is 0 Å². The molecule has 0 saturated heterocycles. The van der Waals surface area contributed by atoms with Gasteiger partial charge >= 0.3 is 0 Å². The molecule has 0 N–H and O–H groups in total. The van der Waals surface area contributed by atoms with Crippen LogP contribution in [0, 0.1) is 0 Å². The zero-order valence-corrected chi connectivity index (χ0v) is 12.4. The van der Waals surface area contributed by atoms with E-state index in [1.807, 2.05) is 22.9 Å². The molecule has 0 saturated carbocycles. The molecule has 0 aliphatic carbocycles. The Bertz CT molecular complexity index is 950. The van der Waals surface area contributed by atoms with Crippen LogP contribution in [0.4, 0.5) is 0 Å². The minimum atomic E-state index is -0.0205. The van der Waals surface area contributed by atoms with E-state index in [0.29, 0.717) is 11.2 Å². The van der Waals surface area contributed by atoms with Gasteiger partial charge in [0.1, 0.15) is 16.0 Å². The van der Waals surface area contributed by atoms with Crippen LogP contribution < -0.4 is 5.56 Å². The molecule has 7 heteroatoms. The second-order valence-corrected chi connectivity index (χ2v) is 6.24. The summed E-state index contributed by atoms with van der Waals surface area (Å²) < 4.78 is 7.33. The SMILES string of the molecule is O=c1c2sccc2ncn1Cc1csc(-c2ccoc2)n1. The van der Waals surface area contributed by atoms with Crippen LogP contribution in [0.3, 0.4) is 0 Å². The molecule has 21 heavy (non-hydrogen) atoms. The monoisotopic (exact) mass is 315 g/mol. The second-order valence-electron chi connectivity index (χ2n) is 4.47. The van der Waals surface area contributed by atoms with Crippen molar-refractivity contribution in [2.24, 2.45) is 0 Å². The first-order valence-electron chi connectivity index (χ1n) is 6.21. The van der Waals surface area contributed by atoms with Gasteiger partial charge in [-0.15, -0.1) is 22.7 Å². The van der Waals surface area contributed by atoms with Gasteiger partial charge in [-0.25, -0.2) is 9.97 Å². The van der Waals surface area contributed by atoms with E-state index in [4.69, 9.17) is 4.42 Å². The molecule has 0 spiro atoms. The normalized spacial score (nSPS) is 11.2. The number of hydrogen-bond donors (Lipinski definition) is 0. The third-order valence-electron chi connectivity index (χ3n) is 3.09. The smallest absolute Gasteiger partial charge is 0.271 e. The van der Waals surface area contributed by atoms with Gasteiger partial charge < -0.3 is 4.42 Å². The standard InChI is InChI=1S/C14H9N3O2S2/c18-14-12-11(2-4-20-12)15-8-17(14)5-10-7-21-13(16-10)9-1-3-19-6-9/h1-4,6-8H,5H2. The van der Waals surface area contributed by atoms with Crippen LogP contribution in [0.15, 0.2) is 51.0 Å². The van der Waals surface area contributed by atoms with Crippen LogP contribution >= 0.6 is 22.7 Å². The fraction of sp³-hybridized carbons (Fsp3) is 0.0714. The van der Waals surface area contributed by atoms with Crippen molar-refractivity contribution in [3.05, 3.63) is 57.8 Å². The van der Waals surface area contributed by atoms with Gasteiger partial charge in [0.05, 0.1) is 30.3 Å². The minimum Gasteiger partial charge on any atom is -0.472 e. The van der Waals surface area contributed by atoms with Crippen molar-refractivity contribution in [1.29, 1.82) is 0 Å². The fourth-order valence-corrected chi connectivity index (χ4v) is 3.65. The molecule has 0 aromatic carbocycles. The van der Waals surface area contributed by atoms with Crippen LogP contribution in [0.1, 0.15) is 5.69 Å². The van der Waals surface area contributed by atoms with Crippen molar-refractivity contribution in [3.63, 3.8) is 0 Å². The van der Waals surface area contributed by atoms with E-state index in [-0.39, 0.29) is 5.56 Å². The Kier molecular flexibility index (Phi) is 2.94. The number of hydrogen-bond acceptors (Lipinski definition) is 6. The van der Waals surface area contributed by atoms with E-state index in [1.54, 1.807) is 23.4 Å². The van der Waals surface area contributed by atoms with Crippen molar-refractivity contribution in [1.82, 2.24) is 14.5 Å². The van der Waals surface area contributed by atoms with Crippen LogP contribution in [0.2, 0.25) is 0 Å². The van der Waals surface area contributed by atoms with Crippen molar-refractivity contribution in [2.45, 2.75) is 6.54 Å². The summed E-state index contributed by atoms with van der Waals surface area (Å²) in [5.74, 6) is 0. The zero-order valence-electron chi connectivity index (χ0n) is 10.7. The molecule has 0 bridgehead atoms. The molecule has 4 aromatic heterocycles. The summed E-state index contributed by atoms with van der Waals surface area (Å²) in [6.07, 6.45) is 4.86. The lowest BCUT2D eigenvalue weighted by molar-refractivity contribution is 0.568. The van der Waals surface area contributed by atoms with Gasteiger partial charge in [-0.3, -0.25) is 9.36 Å². The first-order valence-corrected chi connectivity index (χ1v) is 7.97. The molecular formula is C14H9N3O2S2. The van der Waals surface area contributed by atoms with Crippen LogP contribution in [-0.2, 0) is 6.54 Å². The predicted octanol–water partition coefficient (Wildman–Crippen LogP) is 3.22. The number of rotatable bonds is 3. The maximum absolute atomic E-state index is 12.3. The van der Waals surface area contributed by atoms with Crippen molar-refractivity contribution in [2.75, 3.05) is 0 Å². The van der Waals surface area contributed by atoms with Crippen LogP contribution in [0.5, 0.6) is 0 Å². The van der Waals surface area contributed by atoms with Crippen LogP contribution in [-0.4, -0.2) is 14.5 Å². The Morgan fingerprint density at radius 3 is 3.10 bits per heavy atom. The number of thiazole rings is 1. The van der Waals surface area contributed by atoms with Gasteiger partial charge in [-0.1, -0.05) is 0 Å². The maximum Gasteiger partial charge on any atom is 0.271 e. The van der Waals surface area contributed by atoms with Crippen molar-refractivity contribution >= 4 is 32.9 Å². The largest absolute Gasteiger partial charge is 0.472 e. The van der Waals surface area contributed by atoms with E-state index in [2.05, 4.69) is 9.97 Å². The summed E-state index contributed by atoms with van der Waals surface area (Å²) in [6.45, 7) is 0.425. The Labute approximate surface area is 127 Å². The molecule has 0 atom stereocenters. The van der Waals surface area contributed by atoms with Crippen molar-refractivity contribution in [3.8, 4) is 10.6 Å². The highest BCUT2D eigenvalue weighted by molar-refractivity contribution is 7.17. The summed E-state index contributed by atoms with van der Waals surface area (Å²) >= 11 is 2.95. The predicted molar refractivity (Wildman–Crippen MR) is 82.8 cm³/mol. The van der Waals surface area contributed by atoms with Crippen molar-refractivity contribution < 1.29 is 4.42 Å². The summed E-state index contributed by atoms with van der Waals surface area (Å²) in [7, 11) is 0. The Morgan fingerprint density at radius 1 is 1.29 bits per heavy atom. The van der Waals surface area contributed by atoms with Gasteiger partial charge in [0.2, 0.25) is 0 Å². The highest BCUT2D eigenvalue weighted by atomic mass is 32.1. The van der Waals surface area contributed by atoms with Gasteiger partial charge in [-0.05, 0) is 17.5 Å². The highest BCUT2D eigenvalue weighted by Gasteiger charge is 2.09. The number of furan rings is 1. The minimum absolute atomic E-state index is 0.0205. The number of thiophene rings is 1. The molecular weight excluding hydrogens is 306 g/mol. The van der Waals surface area contributed by atoms with E-state index in [1.165, 1.54) is 22.7 Å². The maximum atomic E-state index is 12.3. The summed E-state index contributed by atoms with van der Waals surface area (Å²) in [5.41, 5.74) is 2.52. The van der Waals surface area contributed by atoms with E-state index in [0.717, 1.165) is 21.8 Å². The molecule has 0 aliphatic rings. The molecule has 0 radical (unpaired) electrons. The molecule has 4 aromatic rings. The zero-order chi connectivity index (χ0) is 14.2. The van der Waals surface area contributed by atoms with Gasteiger partial charge in [0.15, 0.2) is 0 Å². The summed E-state index contributed by atoms with van der Waals surface area (Å²) in [5, 5.41) is 4.72. The van der Waals surface area contributed by atoms with Crippen LogP contribution in [0.25, 0.3) is 20.8 Å². The molecule has 0 unspecified atom stereocenters. The number of fused-ring (bicyclic) bond motifs is 1. The molecule has 4 rings (SSSR count). The molecule has 5 nitrogen and oxygen atoms in total. The second kappa shape index (κ2) is 4.94. The first-order chi connectivity index (χ1) is 10.3. The lowest BCUT2D eigenvalue weighted by atomic mass is 10.3. The van der Waals surface area contributed by atoms with Gasteiger partial charge in [0, 0.05) is 10.9 Å². The molecule has 104 valence electrons. The third-order valence-corrected chi connectivity index (χ3v) is 4.92. The molecule has 4 heterocycles. The van der Waals surface area contributed by atoms with Gasteiger partial charge in [0.25, 0.3) is 5.56 Å². The summed E-state index contributed by atoms with van der Waals surface area (Å²) in [4.78, 5) is 21.1. The average molecular weight is 315 g/mol. The fourth-order valence-electron chi connectivity index (χ4n) is 2.06. The molecule has 0 amide bonds. The summed E-state index contributed by atoms with van der Waals surface area (Å²) in [6, 6.07) is 3.72. The number of nitrogens with zero attached hydrogens (tertiary/aromatic N) is 3. The van der Waals surface area contributed by atoms with Gasteiger partial charge in [-0.2, -0.15) is 0 Å². The lowest BCUT2D eigenvalue weighted by Gasteiger charge is -2.02.